The Morgan fingerprint density at radius 2 is 1.70 bits per heavy atom. The average Bonchev–Trinajstić information content (AvgIpc) is 3.00. The van der Waals surface area contributed by atoms with Crippen molar-refractivity contribution in [3.63, 3.8) is 0 Å². The van der Waals surface area contributed by atoms with Crippen LogP contribution in [0.25, 0.3) is 0 Å². The summed E-state index contributed by atoms with van der Waals surface area (Å²) < 4.78 is 39.0. The van der Waals surface area contributed by atoms with Gasteiger partial charge in [-0.1, -0.05) is 37.2 Å². The monoisotopic (exact) mass is 618 g/mol. The van der Waals surface area contributed by atoms with Crippen molar-refractivity contribution >= 4 is 30.1 Å². The van der Waals surface area contributed by atoms with Gasteiger partial charge in [-0.2, -0.15) is 13.2 Å². The summed E-state index contributed by atoms with van der Waals surface area (Å²) in [6.07, 6.45) is -3.49. The molecule has 0 aromatic heterocycles. The van der Waals surface area contributed by atoms with E-state index in [4.69, 9.17) is 17.2 Å². The van der Waals surface area contributed by atoms with Crippen LogP contribution >= 0.6 is 0 Å². The predicted molar refractivity (Wildman–Crippen MR) is 163 cm³/mol. The fourth-order valence-corrected chi connectivity index (χ4v) is 5.19. The second-order valence-electron chi connectivity index (χ2n) is 11.1. The van der Waals surface area contributed by atoms with Crippen LogP contribution in [0.2, 0.25) is 6.82 Å². The fourth-order valence-electron chi connectivity index (χ4n) is 5.19. The van der Waals surface area contributed by atoms with E-state index in [1.165, 1.54) is 17.0 Å². The van der Waals surface area contributed by atoms with Gasteiger partial charge in [0.15, 0.2) is 0 Å². The van der Waals surface area contributed by atoms with Gasteiger partial charge in [0.1, 0.15) is 6.04 Å². The van der Waals surface area contributed by atoms with E-state index in [1.54, 1.807) is 11.7 Å². The highest BCUT2D eigenvalue weighted by Gasteiger charge is 2.32. The SMILES string of the molecule is CB(O)c1ccc2c(c1)CN(C(=O)[C@@H](CCc1ccc(C(F)(F)F)cc1)NC(=O)[C@@H](N)CCC(=O)N(CCN)CCN)CC2. The zero-order chi connectivity index (χ0) is 32.4. The maximum atomic E-state index is 13.8. The Labute approximate surface area is 256 Å². The molecule has 0 saturated heterocycles. The van der Waals surface area contributed by atoms with Gasteiger partial charge in [-0.25, -0.2) is 0 Å². The Bertz CT molecular complexity index is 1270. The molecular formula is C30H42BF3N6O4. The van der Waals surface area contributed by atoms with Gasteiger partial charge in [0.05, 0.1) is 11.6 Å². The van der Waals surface area contributed by atoms with Crippen molar-refractivity contribution in [2.24, 2.45) is 17.2 Å². The molecule has 2 aromatic carbocycles. The maximum Gasteiger partial charge on any atom is 0.416 e. The van der Waals surface area contributed by atoms with Crippen LogP contribution in [-0.4, -0.2) is 84.3 Å². The van der Waals surface area contributed by atoms with Crippen molar-refractivity contribution in [1.29, 1.82) is 0 Å². The third-order valence-corrected chi connectivity index (χ3v) is 7.81. The zero-order valence-corrected chi connectivity index (χ0v) is 25.0. The smallest absolute Gasteiger partial charge is 0.416 e. The first-order valence-electron chi connectivity index (χ1n) is 14.8. The first-order chi connectivity index (χ1) is 20.8. The lowest BCUT2D eigenvalue weighted by Crippen LogP contribution is -2.53. The van der Waals surface area contributed by atoms with E-state index in [0.29, 0.717) is 31.6 Å². The summed E-state index contributed by atoms with van der Waals surface area (Å²) in [7, 11) is 0. The van der Waals surface area contributed by atoms with E-state index < -0.39 is 36.6 Å². The first-order valence-corrected chi connectivity index (χ1v) is 14.8. The van der Waals surface area contributed by atoms with Gasteiger partial charge < -0.3 is 37.3 Å². The molecule has 8 N–H and O–H groups in total. The van der Waals surface area contributed by atoms with Crippen molar-refractivity contribution in [2.75, 3.05) is 32.7 Å². The summed E-state index contributed by atoms with van der Waals surface area (Å²) in [5.41, 5.74) is 19.7. The molecule has 1 aliphatic rings. The van der Waals surface area contributed by atoms with Gasteiger partial charge in [-0.15, -0.1) is 0 Å². The lowest BCUT2D eigenvalue weighted by atomic mass is 9.64. The summed E-state index contributed by atoms with van der Waals surface area (Å²) in [5.74, 6) is -1.19. The standard InChI is InChI=1S/C30H42BF3N6O4/c1-31(44)24-8-5-21-12-15-40(19-22(21)18-24)29(43)26(10-4-20-2-6-23(7-3-20)30(32,33)34)38-28(42)25(37)9-11-27(41)39(16-13-35)17-14-36/h2-3,5-8,18,25-26,44H,4,9-17,19,35-37H2,1H3,(H,38,42)/t25-,26+/m0/s1. The molecule has 0 saturated carbocycles. The van der Waals surface area contributed by atoms with Gasteiger partial charge >= 0.3 is 13.1 Å². The number of rotatable bonds is 14. The summed E-state index contributed by atoms with van der Waals surface area (Å²) in [6, 6.07) is 8.25. The number of nitrogens with one attached hydrogen (secondary N) is 1. The minimum atomic E-state index is -4.47. The Morgan fingerprint density at radius 3 is 2.30 bits per heavy atom. The molecule has 10 nitrogen and oxygen atoms in total. The number of benzene rings is 2. The Hall–Kier alpha value is -3.46. The van der Waals surface area contributed by atoms with Gasteiger partial charge in [-0.05, 0) is 60.0 Å². The molecule has 0 bridgehead atoms. The van der Waals surface area contributed by atoms with E-state index in [1.807, 2.05) is 18.2 Å². The minimum Gasteiger partial charge on any atom is -0.447 e. The van der Waals surface area contributed by atoms with Crippen LogP contribution in [0.15, 0.2) is 42.5 Å². The number of amides is 3. The predicted octanol–water partition coefficient (Wildman–Crippen LogP) is 0.382. The zero-order valence-electron chi connectivity index (χ0n) is 25.0. The summed E-state index contributed by atoms with van der Waals surface area (Å²) >= 11 is 0. The van der Waals surface area contributed by atoms with Crippen LogP contribution in [0.1, 0.15) is 41.5 Å². The van der Waals surface area contributed by atoms with Gasteiger partial charge in [0.2, 0.25) is 17.7 Å². The summed E-state index contributed by atoms with van der Waals surface area (Å²) in [5, 5.41) is 12.7. The van der Waals surface area contributed by atoms with Crippen molar-refractivity contribution < 1.29 is 32.6 Å². The van der Waals surface area contributed by atoms with E-state index in [2.05, 4.69) is 5.32 Å². The van der Waals surface area contributed by atoms with Crippen LogP contribution in [0, 0.1) is 0 Å². The Balaban J connectivity index is 1.73. The van der Waals surface area contributed by atoms with Crippen LogP contribution in [0.3, 0.4) is 0 Å². The van der Waals surface area contributed by atoms with Gasteiger partial charge in [0.25, 0.3) is 0 Å². The van der Waals surface area contributed by atoms with E-state index in [0.717, 1.165) is 28.7 Å². The van der Waals surface area contributed by atoms with Gasteiger partial charge in [-0.3, -0.25) is 14.4 Å². The van der Waals surface area contributed by atoms with Crippen LogP contribution < -0.4 is 28.0 Å². The molecule has 240 valence electrons. The quantitative estimate of drug-likeness (QED) is 0.191. The molecule has 0 unspecified atom stereocenters. The molecule has 1 heterocycles. The number of carbonyl (C=O) groups is 3. The van der Waals surface area contributed by atoms with Gasteiger partial charge in [0, 0.05) is 45.7 Å². The third-order valence-electron chi connectivity index (χ3n) is 7.81. The lowest BCUT2D eigenvalue weighted by molar-refractivity contribution is -0.138. The number of nitrogens with zero attached hydrogens (tertiary/aromatic N) is 2. The molecule has 3 rings (SSSR count). The molecule has 1 aliphatic heterocycles. The lowest BCUT2D eigenvalue weighted by Gasteiger charge is -2.33. The van der Waals surface area contributed by atoms with Crippen molar-refractivity contribution in [1.82, 2.24) is 15.1 Å². The maximum absolute atomic E-state index is 13.8. The Kier molecular flexibility index (Phi) is 12.8. The third kappa shape index (κ3) is 9.78. The molecule has 2 atom stereocenters. The molecule has 2 aromatic rings. The topological polar surface area (TPSA) is 168 Å². The molecular weight excluding hydrogens is 576 g/mol. The van der Waals surface area contributed by atoms with Crippen molar-refractivity contribution in [3.8, 4) is 0 Å². The average molecular weight is 619 g/mol. The number of hydrogen-bond acceptors (Lipinski definition) is 7. The van der Waals surface area contributed by atoms with Crippen LogP contribution in [-0.2, 0) is 39.9 Å². The highest BCUT2D eigenvalue weighted by atomic mass is 19.4. The summed E-state index contributed by atoms with van der Waals surface area (Å²) in [6.45, 7) is 2.86. The minimum absolute atomic E-state index is 0.00667. The van der Waals surface area contributed by atoms with Crippen LogP contribution in [0.4, 0.5) is 13.2 Å². The van der Waals surface area contributed by atoms with E-state index in [-0.39, 0.29) is 57.1 Å². The molecule has 0 aliphatic carbocycles. The number of fused-ring (bicyclic) bond motifs is 1. The van der Waals surface area contributed by atoms with Crippen molar-refractivity contribution in [2.45, 2.75) is 63.7 Å². The number of nitrogens with two attached hydrogens (primary N) is 3. The number of aryl methyl sites for hydroxylation is 1. The first kappa shape index (κ1) is 35.0. The Morgan fingerprint density at radius 1 is 1.05 bits per heavy atom. The summed E-state index contributed by atoms with van der Waals surface area (Å²) in [4.78, 5) is 42.6. The second-order valence-corrected chi connectivity index (χ2v) is 11.1. The van der Waals surface area contributed by atoms with Crippen LogP contribution in [0.5, 0.6) is 0 Å². The molecule has 14 heteroatoms. The fraction of sp³-hybridized carbons (Fsp3) is 0.500. The van der Waals surface area contributed by atoms with Crippen molar-refractivity contribution in [3.05, 3.63) is 64.7 Å². The number of halogens is 3. The molecule has 44 heavy (non-hydrogen) atoms. The second kappa shape index (κ2) is 16.0. The highest BCUT2D eigenvalue weighted by molar-refractivity contribution is 6.64. The molecule has 3 amide bonds. The highest BCUT2D eigenvalue weighted by Crippen LogP contribution is 2.29. The molecule has 0 spiro atoms. The molecule has 0 radical (unpaired) electrons. The number of carbonyl (C=O) groups excluding carboxylic acids is 3. The normalized spacial score (nSPS) is 14.4. The van der Waals surface area contributed by atoms with E-state index in [9.17, 15) is 32.6 Å². The number of alkyl halides is 3. The molecule has 0 fully saturated rings. The number of hydrogen-bond donors (Lipinski definition) is 5. The van der Waals surface area contributed by atoms with E-state index >= 15 is 0 Å². The largest absolute Gasteiger partial charge is 0.447 e.